The fourth-order valence-corrected chi connectivity index (χ4v) is 1.78. The van der Waals surface area contributed by atoms with Crippen LogP contribution in [0.3, 0.4) is 0 Å². The van der Waals surface area contributed by atoms with Crippen LogP contribution < -0.4 is 10.6 Å². The Morgan fingerprint density at radius 2 is 2.00 bits per heavy atom. The molecule has 0 spiro atoms. The Bertz CT molecular complexity index is 610. The minimum Gasteiger partial charge on any atom is -0.292 e. The van der Waals surface area contributed by atoms with Gasteiger partial charge in [0, 0.05) is 6.20 Å². The molecule has 2 rings (SSSR count). The summed E-state index contributed by atoms with van der Waals surface area (Å²) in [6.07, 6.45) is -3.03. The molecular weight excluding hydrogens is 295 g/mol. The fourth-order valence-electron chi connectivity index (χ4n) is 1.17. The third-order valence-corrected chi connectivity index (χ3v) is 2.92. The number of carbonyl (C=O) groups excluding carboxylic acids is 1. The van der Waals surface area contributed by atoms with Crippen LogP contribution in [0, 0.1) is 6.92 Å². The lowest BCUT2D eigenvalue weighted by atomic mass is 10.3. The maximum absolute atomic E-state index is 12.3. The van der Waals surface area contributed by atoms with Gasteiger partial charge in [0.2, 0.25) is 10.1 Å². The number of carbonyl (C=O) groups is 1. The quantitative estimate of drug-likeness (QED) is 0.894. The van der Waals surface area contributed by atoms with Crippen molar-refractivity contribution in [3.05, 3.63) is 28.9 Å². The molecule has 0 aliphatic carbocycles. The van der Waals surface area contributed by atoms with E-state index in [0.29, 0.717) is 0 Å². The van der Waals surface area contributed by atoms with Gasteiger partial charge in [0.25, 0.3) is 0 Å². The first-order chi connectivity index (χ1) is 9.34. The highest BCUT2D eigenvalue weighted by Gasteiger charge is 2.35. The van der Waals surface area contributed by atoms with E-state index in [9.17, 15) is 18.0 Å². The monoisotopic (exact) mass is 303 g/mol. The first kappa shape index (κ1) is 14.2. The molecule has 0 aliphatic heterocycles. The van der Waals surface area contributed by atoms with E-state index in [1.54, 1.807) is 18.3 Å². The molecule has 0 radical (unpaired) electrons. The van der Waals surface area contributed by atoms with Crippen LogP contribution in [0.15, 0.2) is 18.3 Å². The predicted molar refractivity (Wildman–Crippen MR) is 66.5 cm³/mol. The highest BCUT2D eigenvalue weighted by atomic mass is 32.1. The highest BCUT2D eigenvalue weighted by molar-refractivity contribution is 7.15. The van der Waals surface area contributed by atoms with E-state index in [2.05, 4.69) is 25.8 Å². The van der Waals surface area contributed by atoms with Crippen molar-refractivity contribution in [3.63, 3.8) is 0 Å². The summed E-state index contributed by atoms with van der Waals surface area (Å²) in [6.45, 7) is 1.83. The Balaban J connectivity index is 1.98. The van der Waals surface area contributed by atoms with Gasteiger partial charge in [0.1, 0.15) is 5.82 Å². The van der Waals surface area contributed by atoms with Gasteiger partial charge in [-0.05, 0) is 18.6 Å². The number of amides is 2. The Kier molecular flexibility index (Phi) is 3.84. The number of nitrogens with zero attached hydrogens (tertiary/aromatic N) is 3. The molecule has 0 fully saturated rings. The van der Waals surface area contributed by atoms with Crippen LogP contribution >= 0.6 is 11.3 Å². The van der Waals surface area contributed by atoms with Crippen molar-refractivity contribution in [2.24, 2.45) is 0 Å². The number of aryl methyl sites for hydroxylation is 1. The highest BCUT2D eigenvalue weighted by Crippen LogP contribution is 2.32. The summed E-state index contributed by atoms with van der Waals surface area (Å²) in [4.78, 5) is 15.4. The van der Waals surface area contributed by atoms with Crippen molar-refractivity contribution in [3.8, 4) is 0 Å². The van der Waals surface area contributed by atoms with Crippen molar-refractivity contribution in [2.75, 3.05) is 10.6 Å². The first-order valence-corrected chi connectivity index (χ1v) is 6.07. The first-order valence-electron chi connectivity index (χ1n) is 5.26. The van der Waals surface area contributed by atoms with Crippen LogP contribution in [0.5, 0.6) is 0 Å². The Hall–Kier alpha value is -2.23. The molecule has 2 heterocycles. The van der Waals surface area contributed by atoms with Crippen LogP contribution in [0.25, 0.3) is 0 Å². The predicted octanol–water partition coefficient (Wildman–Crippen LogP) is 2.90. The van der Waals surface area contributed by atoms with Crippen molar-refractivity contribution in [2.45, 2.75) is 13.1 Å². The molecule has 2 N–H and O–H groups in total. The number of nitrogens with one attached hydrogen (secondary N) is 2. The molecule has 0 saturated heterocycles. The molecule has 6 nitrogen and oxygen atoms in total. The van der Waals surface area contributed by atoms with Gasteiger partial charge >= 0.3 is 12.2 Å². The van der Waals surface area contributed by atoms with Gasteiger partial charge in [-0.25, -0.2) is 9.78 Å². The summed E-state index contributed by atoms with van der Waals surface area (Å²) >= 11 is 0.242. The lowest BCUT2D eigenvalue weighted by molar-refractivity contribution is -0.138. The minimum atomic E-state index is -4.58. The number of anilines is 2. The molecule has 0 saturated carbocycles. The standard InChI is InChI=1S/C10H8F3N5OS/c1-5-2-3-6(14-4-5)15-8(19)16-9-18-17-7(20-9)10(11,12)13/h2-4H,1H3,(H2,14,15,16,18,19). The fraction of sp³-hybridized carbons (Fsp3) is 0.200. The van der Waals surface area contributed by atoms with Crippen molar-refractivity contribution in [1.29, 1.82) is 0 Å². The van der Waals surface area contributed by atoms with E-state index in [1.807, 2.05) is 6.92 Å². The van der Waals surface area contributed by atoms with E-state index in [-0.39, 0.29) is 22.3 Å². The zero-order valence-electron chi connectivity index (χ0n) is 10.0. The van der Waals surface area contributed by atoms with E-state index in [1.165, 1.54) is 0 Å². The molecule has 2 aromatic heterocycles. The van der Waals surface area contributed by atoms with E-state index >= 15 is 0 Å². The molecule has 20 heavy (non-hydrogen) atoms. The van der Waals surface area contributed by atoms with Gasteiger partial charge in [0.05, 0.1) is 0 Å². The van der Waals surface area contributed by atoms with Crippen LogP contribution in [0.2, 0.25) is 0 Å². The Labute approximate surface area is 115 Å². The second-order valence-corrected chi connectivity index (χ2v) is 4.69. The van der Waals surface area contributed by atoms with E-state index in [4.69, 9.17) is 0 Å². The minimum absolute atomic E-state index is 0.242. The van der Waals surface area contributed by atoms with Crippen LogP contribution in [-0.2, 0) is 6.18 Å². The summed E-state index contributed by atoms with van der Waals surface area (Å²) in [7, 11) is 0. The number of hydrogen-bond acceptors (Lipinski definition) is 5. The topological polar surface area (TPSA) is 79.8 Å². The maximum Gasteiger partial charge on any atom is 0.445 e. The molecule has 0 atom stereocenters. The van der Waals surface area contributed by atoms with Gasteiger partial charge < -0.3 is 0 Å². The summed E-state index contributed by atoms with van der Waals surface area (Å²) in [5, 5.41) is 9.32. The smallest absolute Gasteiger partial charge is 0.292 e. The van der Waals surface area contributed by atoms with E-state index < -0.39 is 17.2 Å². The van der Waals surface area contributed by atoms with Crippen molar-refractivity contribution < 1.29 is 18.0 Å². The number of pyridine rings is 1. The number of aromatic nitrogens is 3. The molecule has 0 aromatic carbocycles. The summed E-state index contributed by atoms with van der Waals surface area (Å²) in [6, 6.07) is 2.55. The van der Waals surface area contributed by atoms with Gasteiger partial charge in [-0.1, -0.05) is 17.4 Å². The zero-order valence-corrected chi connectivity index (χ0v) is 10.8. The average molecular weight is 303 g/mol. The SMILES string of the molecule is Cc1ccc(NC(=O)Nc2nnc(C(F)(F)F)s2)nc1. The molecule has 2 aromatic rings. The van der Waals surface area contributed by atoms with Crippen LogP contribution in [-0.4, -0.2) is 21.2 Å². The second kappa shape index (κ2) is 5.41. The summed E-state index contributed by atoms with van der Waals surface area (Å²) < 4.78 is 36.9. The number of urea groups is 1. The van der Waals surface area contributed by atoms with Crippen LogP contribution in [0.4, 0.5) is 28.9 Å². The molecule has 0 aliphatic rings. The summed E-state index contributed by atoms with van der Waals surface area (Å²) in [5.41, 5.74) is 0.912. The number of hydrogen-bond donors (Lipinski definition) is 2. The molecule has 0 unspecified atom stereocenters. The van der Waals surface area contributed by atoms with E-state index in [0.717, 1.165) is 5.56 Å². The lowest BCUT2D eigenvalue weighted by Crippen LogP contribution is -2.19. The van der Waals surface area contributed by atoms with Crippen molar-refractivity contribution in [1.82, 2.24) is 15.2 Å². The summed E-state index contributed by atoms with van der Waals surface area (Å²) in [5.74, 6) is 0.272. The third-order valence-electron chi connectivity index (χ3n) is 2.04. The lowest BCUT2D eigenvalue weighted by Gasteiger charge is -2.04. The maximum atomic E-state index is 12.3. The van der Waals surface area contributed by atoms with Gasteiger partial charge in [0.15, 0.2) is 0 Å². The largest absolute Gasteiger partial charge is 0.445 e. The molecule has 106 valence electrons. The molecule has 2 amide bonds. The van der Waals surface area contributed by atoms with Crippen molar-refractivity contribution >= 4 is 28.3 Å². The van der Waals surface area contributed by atoms with Gasteiger partial charge in [-0.15, -0.1) is 10.2 Å². The molecule has 10 heteroatoms. The van der Waals surface area contributed by atoms with Gasteiger partial charge in [-0.2, -0.15) is 13.2 Å². The molecule has 0 bridgehead atoms. The molecular formula is C10H8F3N5OS. The third kappa shape index (κ3) is 3.63. The number of alkyl halides is 3. The van der Waals surface area contributed by atoms with Gasteiger partial charge in [-0.3, -0.25) is 10.6 Å². The number of rotatable bonds is 2. The van der Waals surface area contributed by atoms with Crippen LogP contribution in [0.1, 0.15) is 10.6 Å². The normalized spacial score (nSPS) is 11.2. The Morgan fingerprint density at radius 1 is 1.25 bits per heavy atom. The average Bonchev–Trinajstić information content (AvgIpc) is 2.80. The number of halogens is 3. The zero-order chi connectivity index (χ0) is 14.8. The second-order valence-electron chi connectivity index (χ2n) is 3.71. The Morgan fingerprint density at radius 3 is 2.55 bits per heavy atom.